The van der Waals surface area contributed by atoms with E-state index in [1.807, 2.05) is 6.92 Å². The number of phenolic OH excluding ortho intramolecular Hbond substituents is 1. The molecule has 0 aliphatic carbocycles. The quantitative estimate of drug-likeness (QED) is 0.755. The first-order chi connectivity index (χ1) is 6.15. The molecule has 0 fully saturated rings. The lowest BCUT2D eigenvalue weighted by atomic mass is 10.0. The van der Waals surface area contributed by atoms with Crippen molar-refractivity contribution in [2.45, 2.75) is 25.8 Å². The summed E-state index contributed by atoms with van der Waals surface area (Å²) < 4.78 is 12.8. The second-order valence-corrected chi connectivity index (χ2v) is 3.10. The van der Waals surface area contributed by atoms with E-state index in [0.717, 1.165) is 12.8 Å². The third-order valence-corrected chi connectivity index (χ3v) is 1.99. The molecule has 0 bridgehead atoms. The maximum Gasteiger partial charge on any atom is 0.123 e. The molecule has 1 aromatic carbocycles. The van der Waals surface area contributed by atoms with Crippen LogP contribution in [0.15, 0.2) is 18.2 Å². The van der Waals surface area contributed by atoms with Gasteiger partial charge in [-0.05, 0) is 24.6 Å². The first-order valence-corrected chi connectivity index (χ1v) is 4.39. The Kier molecular flexibility index (Phi) is 3.25. The van der Waals surface area contributed by atoms with Gasteiger partial charge in [-0.2, -0.15) is 0 Å². The molecule has 1 rings (SSSR count). The fourth-order valence-corrected chi connectivity index (χ4v) is 1.29. The van der Waals surface area contributed by atoms with Crippen LogP contribution in [0, 0.1) is 5.82 Å². The summed E-state index contributed by atoms with van der Waals surface area (Å²) in [4.78, 5) is 0. The van der Waals surface area contributed by atoms with Gasteiger partial charge in [-0.3, -0.25) is 0 Å². The van der Waals surface area contributed by atoms with Gasteiger partial charge in [0.25, 0.3) is 0 Å². The number of halogens is 1. The summed E-state index contributed by atoms with van der Waals surface area (Å²) in [6.45, 7) is 2.00. The molecule has 0 aliphatic heterocycles. The zero-order chi connectivity index (χ0) is 9.84. The number of nitrogens with two attached hydrogens (primary N) is 1. The van der Waals surface area contributed by atoms with Gasteiger partial charge in [0, 0.05) is 11.6 Å². The van der Waals surface area contributed by atoms with Crippen LogP contribution in [-0.4, -0.2) is 5.11 Å². The van der Waals surface area contributed by atoms with Gasteiger partial charge in [-0.1, -0.05) is 13.3 Å². The fraction of sp³-hybridized carbons (Fsp3) is 0.400. The van der Waals surface area contributed by atoms with Crippen LogP contribution in [0.2, 0.25) is 0 Å². The lowest BCUT2D eigenvalue weighted by Crippen LogP contribution is -2.10. The van der Waals surface area contributed by atoms with Crippen LogP contribution in [0.3, 0.4) is 0 Å². The SMILES string of the molecule is CCC[C@@H](N)c1cc(F)ccc1O. The Balaban J connectivity index is 2.91. The topological polar surface area (TPSA) is 46.2 Å². The summed E-state index contributed by atoms with van der Waals surface area (Å²) >= 11 is 0. The lowest BCUT2D eigenvalue weighted by molar-refractivity contribution is 0.455. The van der Waals surface area contributed by atoms with Crippen LogP contribution in [0.5, 0.6) is 5.75 Å². The summed E-state index contributed by atoms with van der Waals surface area (Å²) in [5.41, 5.74) is 6.24. The average molecular weight is 183 g/mol. The highest BCUT2D eigenvalue weighted by Gasteiger charge is 2.10. The molecule has 0 aromatic heterocycles. The number of benzene rings is 1. The minimum absolute atomic E-state index is 0.0716. The van der Waals surface area contributed by atoms with Crippen molar-refractivity contribution in [3.8, 4) is 5.75 Å². The van der Waals surface area contributed by atoms with Crippen LogP contribution in [-0.2, 0) is 0 Å². The van der Waals surface area contributed by atoms with Gasteiger partial charge in [-0.25, -0.2) is 4.39 Å². The molecule has 1 atom stereocenters. The third kappa shape index (κ3) is 2.42. The van der Waals surface area contributed by atoms with E-state index in [2.05, 4.69) is 0 Å². The first kappa shape index (κ1) is 9.99. The van der Waals surface area contributed by atoms with Crippen molar-refractivity contribution in [1.29, 1.82) is 0 Å². The minimum Gasteiger partial charge on any atom is -0.508 e. The fourth-order valence-electron chi connectivity index (χ4n) is 1.29. The largest absolute Gasteiger partial charge is 0.508 e. The Morgan fingerprint density at radius 3 is 2.85 bits per heavy atom. The summed E-state index contributed by atoms with van der Waals surface area (Å²) in [5.74, 6) is -0.290. The zero-order valence-electron chi connectivity index (χ0n) is 7.63. The van der Waals surface area contributed by atoms with Gasteiger partial charge < -0.3 is 10.8 Å². The Morgan fingerprint density at radius 2 is 2.23 bits per heavy atom. The number of hydrogen-bond acceptors (Lipinski definition) is 2. The molecule has 0 amide bonds. The molecule has 72 valence electrons. The lowest BCUT2D eigenvalue weighted by Gasteiger charge is -2.12. The first-order valence-electron chi connectivity index (χ1n) is 4.39. The predicted octanol–water partition coefficient (Wildman–Crippen LogP) is 2.33. The maximum atomic E-state index is 12.8. The molecule has 0 saturated heterocycles. The average Bonchev–Trinajstić information content (AvgIpc) is 2.09. The Bertz CT molecular complexity index is 288. The number of hydrogen-bond donors (Lipinski definition) is 2. The third-order valence-electron chi connectivity index (χ3n) is 1.99. The summed E-state index contributed by atoms with van der Waals surface area (Å²) in [6.07, 6.45) is 1.66. The van der Waals surface area contributed by atoms with Gasteiger partial charge in [-0.15, -0.1) is 0 Å². The van der Waals surface area contributed by atoms with Crippen LogP contribution < -0.4 is 5.73 Å². The van der Waals surface area contributed by atoms with Crippen molar-refractivity contribution in [3.05, 3.63) is 29.6 Å². The van der Waals surface area contributed by atoms with Crippen molar-refractivity contribution >= 4 is 0 Å². The second kappa shape index (κ2) is 4.23. The van der Waals surface area contributed by atoms with Gasteiger partial charge in [0.2, 0.25) is 0 Å². The van der Waals surface area contributed by atoms with Gasteiger partial charge in [0.1, 0.15) is 11.6 Å². The molecule has 1 aromatic rings. The highest BCUT2D eigenvalue weighted by molar-refractivity contribution is 5.34. The van der Waals surface area contributed by atoms with E-state index in [9.17, 15) is 9.50 Å². The van der Waals surface area contributed by atoms with E-state index < -0.39 is 0 Å². The highest BCUT2D eigenvalue weighted by atomic mass is 19.1. The molecule has 0 saturated carbocycles. The molecule has 0 unspecified atom stereocenters. The van der Waals surface area contributed by atoms with Gasteiger partial charge in [0.05, 0.1) is 0 Å². The molecule has 3 heteroatoms. The molecular weight excluding hydrogens is 169 g/mol. The molecule has 0 spiro atoms. The number of phenols is 1. The van der Waals surface area contributed by atoms with Crippen LogP contribution >= 0.6 is 0 Å². The summed E-state index contributed by atoms with van der Waals surface area (Å²) in [7, 11) is 0. The van der Waals surface area contributed by atoms with Gasteiger partial charge >= 0.3 is 0 Å². The van der Waals surface area contributed by atoms with Crippen LogP contribution in [0.4, 0.5) is 4.39 Å². The maximum absolute atomic E-state index is 12.8. The van der Waals surface area contributed by atoms with Crippen LogP contribution in [0.25, 0.3) is 0 Å². The predicted molar refractivity (Wildman–Crippen MR) is 49.9 cm³/mol. The van der Waals surface area contributed by atoms with E-state index in [0.29, 0.717) is 5.56 Å². The van der Waals surface area contributed by atoms with Crippen molar-refractivity contribution in [1.82, 2.24) is 0 Å². The molecule has 13 heavy (non-hydrogen) atoms. The Hall–Kier alpha value is -1.09. The van der Waals surface area contributed by atoms with E-state index in [-0.39, 0.29) is 17.6 Å². The number of rotatable bonds is 3. The smallest absolute Gasteiger partial charge is 0.123 e. The van der Waals surface area contributed by atoms with E-state index in [4.69, 9.17) is 5.73 Å². The summed E-state index contributed by atoms with van der Waals surface area (Å²) in [6, 6.07) is 3.56. The highest BCUT2D eigenvalue weighted by Crippen LogP contribution is 2.25. The van der Waals surface area contributed by atoms with Crippen molar-refractivity contribution in [3.63, 3.8) is 0 Å². The summed E-state index contributed by atoms with van der Waals surface area (Å²) in [5, 5.41) is 9.39. The molecule has 0 heterocycles. The minimum atomic E-state index is -0.362. The Morgan fingerprint density at radius 1 is 1.54 bits per heavy atom. The van der Waals surface area contributed by atoms with Crippen LogP contribution in [0.1, 0.15) is 31.4 Å². The standard InChI is InChI=1S/C10H14FNO/c1-2-3-9(12)8-6-7(11)4-5-10(8)13/h4-6,9,13H,2-3,12H2,1H3/t9-/m1/s1. The zero-order valence-corrected chi connectivity index (χ0v) is 7.63. The molecule has 2 nitrogen and oxygen atoms in total. The van der Waals surface area contributed by atoms with Crippen molar-refractivity contribution in [2.75, 3.05) is 0 Å². The van der Waals surface area contributed by atoms with Crippen molar-refractivity contribution < 1.29 is 9.50 Å². The normalized spacial score (nSPS) is 12.8. The molecular formula is C10H14FNO. The molecule has 3 N–H and O–H groups in total. The van der Waals surface area contributed by atoms with E-state index >= 15 is 0 Å². The second-order valence-electron chi connectivity index (χ2n) is 3.10. The molecule has 0 aliphatic rings. The monoisotopic (exact) mass is 183 g/mol. The van der Waals surface area contributed by atoms with E-state index in [1.54, 1.807) is 0 Å². The van der Waals surface area contributed by atoms with Crippen molar-refractivity contribution in [2.24, 2.45) is 5.73 Å². The van der Waals surface area contributed by atoms with E-state index in [1.165, 1.54) is 18.2 Å². The molecule has 0 radical (unpaired) electrons. The van der Waals surface area contributed by atoms with Gasteiger partial charge in [0.15, 0.2) is 0 Å². The number of aromatic hydroxyl groups is 1. The Labute approximate surface area is 77.2 Å².